The van der Waals surface area contributed by atoms with Gasteiger partial charge in [0.1, 0.15) is 6.04 Å². The minimum Gasteiger partial charge on any atom is -0.480 e. The van der Waals surface area contributed by atoms with E-state index in [0.717, 1.165) is 0 Å². The Hall–Kier alpha value is -2.63. The van der Waals surface area contributed by atoms with E-state index >= 15 is 0 Å². The summed E-state index contributed by atoms with van der Waals surface area (Å²) in [6, 6.07) is 7.21. The summed E-state index contributed by atoms with van der Waals surface area (Å²) in [7, 11) is 0. The van der Waals surface area contributed by atoms with Crippen molar-refractivity contribution >= 4 is 22.6 Å². The van der Waals surface area contributed by atoms with Crippen LogP contribution in [0.5, 0.6) is 0 Å². The standard InChI is InChI=1S/C16H15NO5/c1-9-6-7-12(15(19)20)17(9)14(18)13-8-10-4-2-3-5-11(10)16(21)22-13/h2-5,8-9,12H,6-7H2,1H3,(H,19,20)/t9-,12-/m1/s1. The number of carbonyl (C=O) groups excluding carboxylic acids is 1. The van der Waals surface area contributed by atoms with Gasteiger partial charge in [0, 0.05) is 6.04 Å². The van der Waals surface area contributed by atoms with Crippen LogP contribution >= 0.6 is 0 Å². The zero-order valence-corrected chi connectivity index (χ0v) is 12.0. The van der Waals surface area contributed by atoms with Gasteiger partial charge in [0.15, 0.2) is 5.76 Å². The van der Waals surface area contributed by atoms with E-state index in [2.05, 4.69) is 0 Å². The lowest BCUT2D eigenvalue weighted by Crippen LogP contribution is -2.44. The smallest absolute Gasteiger partial charge is 0.344 e. The Bertz CT molecular complexity index is 810. The van der Waals surface area contributed by atoms with Crippen molar-refractivity contribution in [2.75, 3.05) is 0 Å². The molecule has 114 valence electrons. The second-order valence-electron chi connectivity index (χ2n) is 5.48. The van der Waals surface area contributed by atoms with Crippen LogP contribution in [0, 0.1) is 0 Å². The van der Waals surface area contributed by atoms with Crippen LogP contribution in [0.3, 0.4) is 0 Å². The molecule has 1 fully saturated rings. The SMILES string of the molecule is C[C@@H]1CC[C@H](C(=O)O)N1C(=O)c1cc2ccccc2c(=O)o1. The summed E-state index contributed by atoms with van der Waals surface area (Å²) in [5.74, 6) is -1.72. The van der Waals surface area contributed by atoms with Gasteiger partial charge in [-0.15, -0.1) is 0 Å². The lowest BCUT2D eigenvalue weighted by atomic mass is 10.1. The number of carboxylic acid groups (broad SMARTS) is 1. The van der Waals surface area contributed by atoms with E-state index in [1.54, 1.807) is 31.2 Å². The van der Waals surface area contributed by atoms with Crippen LogP contribution in [-0.2, 0) is 4.79 Å². The summed E-state index contributed by atoms with van der Waals surface area (Å²) >= 11 is 0. The maximum Gasteiger partial charge on any atom is 0.344 e. The predicted molar refractivity (Wildman–Crippen MR) is 78.8 cm³/mol. The summed E-state index contributed by atoms with van der Waals surface area (Å²) in [5.41, 5.74) is -0.597. The number of rotatable bonds is 2. The van der Waals surface area contributed by atoms with Crippen molar-refractivity contribution < 1.29 is 19.1 Å². The van der Waals surface area contributed by atoms with Crippen molar-refractivity contribution in [2.45, 2.75) is 31.8 Å². The van der Waals surface area contributed by atoms with Crippen LogP contribution in [0.15, 0.2) is 39.5 Å². The summed E-state index contributed by atoms with van der Waals surface area (Å²) in [4.78, 5) is 37.1. The van der Waals surface area contributed by atoms with E-state index < -0.39 is 23.5 Å². The van der Waals surface area contributed by atoms with Gasteiger partial charge in [0.05, 0.1) is 5.39 Å². The van der Waals surface area contributed by atoms with Crippen molar-refractivity contribution in [3.8, 4) is 0 Å². The van der Waals surface area contributed by atoms with Gasteiger partial charge in [-0.1, -0.05) is 18.2 Å². The Kier molecular flexibility index (Phi) is 3.44. The maximum atomic E-state index is 12.6. The quantitative estimate of drug-likeness (QED) is 0.915. The number of carbonyl (C=O) groups is 2. The van der Waals surface area contributed by atoms with Crippen molar-refractivity contribution in [1.29, 1.82) is 0 Å². The molecule has 1 aliphatic heterocycles. The molecular weight excluding hydrogens is 286 g/mol. The van der Waals surface area contributed by atoms with Crippen LogP contribution in [0.1, 0.15) is 30.3 Å². The highest BCUT2D eigenvalue weighted by Gasteiger charge is 2.40. The highest BCUT2D eigenvalue weighted by Crippen LogP contribution is 2.26. The number of hydrogen-bond acceptors (Lipinski definition) is 4. The fraction of sp³-hybridized carbons (Fsp3) is 0.312. The van der Waals surface area contributed by atoms with Crippen molar-refractivity contribution in [2.24, 2.45) is 0 Å². The first-order valence-corrected chi connectivity index (χ1v) is 7.07. The van der Waals surface area contributed by atoms with Gasteiger partial charge in [-0.3, -0.25) is 4.79 Å². The summed E-state index contributed by atoms with van der Waals surface area (Å²) in [5, 5.41) is 10.2. The third-order valence-corrected chi connectivity index (χ3v) is 4.07. The average molecular weight is 301 g/mol. The van der Waals surface area contributed by atoms with E-state index in [1.165, 1.54) is 11.0 Å². The zero-order chi connectivity index (χ0) is 15.9. The van der Waals surface area contributed by atoms with Crippen molar-refractivity contribution in [1.82, 2.24) is 4.90 Å². The van der Waals surface area contributed by atoms with Crippen molar-refractivity contribution in [3.05, 3.63) is 46.5 Å². The molecule has 0 spiro atoms. The first kappa shape index (κ1) is 14.3. The van der Waals surface area contributed by atoms with Gasteiger partial charge in [0.2, 0.25) is 0 Å². The Labute approximate surface area is 126 Å². The van der Waals surface area contributed by atoms with Crippen LogP contribution in [0.25, 0.3) is 10.8 Å². The Balaban J connectivity index is 2.05. The van der Waals surface area contributed by atoms with Crippen LogP contribution in [-0.4, -0.2) is 34.0 Å². The van der Waals surface area contributed by atoms with Gasteiger partial charge in [0.25, 0.3) is 5.91 Å². The van der Waals surface area contributed by atoms with E-state index in [4.69, 9.17) is 4.42 Å². The lowest BCUT2D eigenvalue weighted by Gasteiger charge is -2.25. The van der Waals surface area contributed by atoms with Gasteiger partial charge in [-0.25, -0.2) is 9.59 Å². The number of benzene rings is 1. The number of fused-ring (bicyclic) bond motifs is 1. The number of hydrogen-bond donors (Lipinski definition) is 1. The third-order valence-electron chi connectivity index (χ3n) is 4.07. The molecule has 0 aliphatic carbocycles. The number of nitrogens with zero attached hydrogens (tertiary/aromatic N) is 1. The first-order valence-electron chi connectivity index (χ1n) is 7.07. The molecule has 1 amide bonds. The summed E-state index contributed by atoms with van der Waals surface area (Å²) in [6.45, 7) is 1.79. The highest BCUT2D eigenvalue weighted by molar-refractivity contribution is 5.97. The molecule has 1 aromatic heterocycles. The molecule has 22 heavy (non-hydrogen) atoms. The minimum atomic E-state index is -1.04. The molecular formula is C16H15NO5. The fourth-order valence-electron chi connectivity index (χ4n) is 2.94. The number of amides is 1. The van der Waals surface area contributed by atoms with Gasteiger partial charge in [-0.05, 0) is 37.3 Å². The van der Waals surface area contributed by atoms with E-state index in [1.807, 2.05) is 0 Å². The fourth-order valence-corrected chi connectivity index (χ4v) is 2.94. The molecule has 0 bridgehead atoms. The Morgan fingerprint density at radius 2 is 2.00 bits per heavy atom. The Morgan fingerprint density at radius 3 is 2.73 bits per heavy atom. The monoisotopic (exact) mass is 301 g/mol. The molecule has 1 N–H and O–H groups in total. The molecule has 0 radical (unpaired) electrons. The molecule has 1 saturated heterocycles. The molecule has 2 atom stereocenters. The number of likely N-dealkylation sites (tertiary alicyclic amines) is 1. The molecule has 3 rings (SSSR count). The van der Waals surface area contributed by atoms with Gasteiger partial charge in [-0.2, -0.15) is 0 Å². The molecule has 2 heterocycles. The molecule has 0 unspecified atom stereocenters. The molecule has 1 aliphatic rings. The molecule has 0 saturated carbocycles. The summed E-state index contributed by atoms with van der Waals surface area (Å²) < 4.78 is 5.10. The van der Waals surface area contributed by atoms with Crippen LogP contribution < -0.4 is 5.63 Å². The molecule has 6 nitrogen and oxygen atoms in total. The van der Waals surface area contributed by atoms with E-state index in [-0.39, 0.29) is 11.8 Å². The third kappa shape index (κ3) is 2.26. The number of aliphatic carboxylic acids is 1. The van der Waals surface area contributed by atoms with Gasteiger partial charge < -0.3 is 14.4 Å². The second kappa shape index (κ2) is 5.29. The normalized spacial score (nSPS) is 21.2. The predicted octanol–water partition coefficient (Wildman–Crippen LogP) is 1.87. The van der Waals surface area contributed by atoms with Crippen LogP contribution in [0.4, 0.5) is 0 Å². The zero-order valence-electron chi connectivity index (χ0n) is 12.0. The van der Waals surface area contributed by atoms with E-state index in [9.17, 15) is 19.5 Å². The Morgan fingerprint density at radius 1 is 1.27 bits per heavy atom. The molecule has 2 aromatic rings. The van der Waals surface area contributed by atoms with Gasteiger partial charge >= 0.3 is 11.6 Å². The molecule has 1 aromatic carbocycles. The number of carboxylic acids is 1. The molecule has 6 heteroatoms. The second-order valence-corrected chi connectivity index (χ2v) is 5.48. The average Bonchev–Trinajstić information content (AvgIpc) is 2.88. The maximum absolute atomic E-state index is 12.6. The topological polar surface area (TPSA) is 87.8 Å². The largest absolute Gasteiger partial charge is 0.480 e. The van der Waals surface area contributed by atoms with Crippen LogP contribution in [0.2, 0.25) is 0 Å². The van der Waals surface area contributed by atoms with E-state index in [0.29, 0.717) is 23.6 Å². The lowest BCUT2D eigenvalue weighted by molar-refractivity contribution is -0.141. The van der Waals surface area contributed by atoms with Crippen molar-refractivity contribution in [3.63, 3.8) is 0 Å². The highest BCUT2D eigenvalue weighted by atomic mass is 16.4. The first-order chi connectivity index (χ1) is 10.5. The summed E-state index contributed by atoms with van der Waals surface area (Å²) in [6.07, 6.45) is 1.01. The minimum absolute atomic E-state index is 0.122.